The lowest BCUT2D eigenvalue weighted by molar-refractivity contribution is -0.161. The zero-order chi connectivity index (χ0) is 68.7. The van der Waals surface area contributed by atoms with E-state index in [4.69, 9.17) is 37.0 Å². The van der Waals surface area contributed by atoms with Crippen LogP contribution in [0.5, 0.6) is 0 Å². The standard InChI is InChI=1S/C74H144O17P2/c1-8-10-11-12-13-14-15-16-17-18-19-20-21-24-28-34-43-50-57-73(78)90-69(61-84-71(76)55-48-41-33-27-25-22-23-26-31-38-45-52-65(3)4)63-88-92(80,81)86-59-68(75)60-87-93(82,83)89-64-70(62-85-72(77)56-49-42-37-36-40-47-54-67(7)9-2)91-74(79)58-51-44-35-30-29-32-39-46-53-66(5)6/h65-70,75H,8-64H2,1-7H3,(H,80,81)(H,82,83)/t67?,68-,69-,70-/m1/s1. The van der Waals surface area contributed by atoms with Gasteiger partial charge in [0.25, 0.3) is 0 Å². The van der Waals surface area contributed by atoms with Gasteiger partial charge in [-0.15, -0.1) is 0 Å². The van der Waals surface area contributed by atoms with Crippen molar-refractivity contribution >= 4 is 39.5 Å². The molecule has 0 aromatic rings. The molecule has 0 aliphatic rings. The van der Waals surface area contributed by atoms with E-state index in [0.29, 0.717) is 25.7 Å². The molecule has 19 heteroatoms. The predicted octanol–water partition coefficient (Wildman–Crippen LogP) is 21.4. The molecule has 0 bridgehead atoms. The molecule has 0 heterocycles. The number of phosphoric acid groups is 2. The van der Waals surface area contributed by atoms with Crippen LogP contribution in [0.2, 0.25) is 0 Å². The molecule has 0 aliphatic heterocycles. The maximum Gasteiger partial charge on any atom is 0.472 e. The van der Waals surface area contributed by atoms with E-state index in [1.54, 1.807) is 0 Å². The van der Waals surface area contributed by atoms with Crippen molar-refractivity contribution in [3.05, 3.63) is 0 Å². The minimum atomic E-state index is -4.96. The number of rotatable bonds is 72. The van der Waals surface area contributed by atoms with Crippen molar-refractivity contribution in [3.63, 3.8) is 0 Å². The van der Waals surface area contributed by atoms with Crippen molar-refractivity contribution in [2.75, 3.05) is 39.6 Å². The first kappa shape index (κ1) is 91.1. The third-order valence-corrected chi connectivity index (χ3v) is 19.4. The summed E-state index contributed by atoms with van der Waals surface area (Å²) in [5.74, 6) is 0.0969. The predicted molar refractivity (Wildman–Crippen MR) is 377 cm³/mol. The van der Waals surface area contributed by atoms with Crippen LogP contribution in [0.25, 0.3) is 0 Å². The van der Waals surface area contributed by atoms with Gasteiger partial charge in [0.1, 0.15) is 19.3 Å². The number of hydrogen-bond donors (Lipinski definition) is 3. The number of unbranched alkanes of at least 4 members (excludes halogenated alkanes) is 39. The van der Waals surface area contributed by atoms with Crippen LogP contribution in [0.3, 0.4) is 0 Å². The van der Waals surface area contributed by atoms with Gasteiger partial charge in [0, 0.05) is 25.7 Å². The average molecular weight is 1370 g/mol. The van der Waals surface area contributed by atoms with Gasteiger partial charge in [0.15, 0.2) is 12.2 Å². The molecule has 0 rings (SSSR count). The van der Waals surface area contributed by atoms with Gasteiger partial charge in [-0.25, -0.2) is 9.13 Å². The second kappa shape index (κ2) is 64.7. The second-order valence-electron chi connectivity index (χ2n) is 27.9. The summed E-state index contributed by atoms with van der Waals surface area (Å²) in [7, 11) is -9.91. The summed E-state index contributed by atoms with van der Waals surface area (Å²) in [5.41, 5.74) is 0. The number of phosphoric ester groups is 2. The Hall–Kier alpha value is -1.94. The van der Waals surface area contributed by atoms with Gasteiger partial charge in [-0.1, -0.05) is 325 Å². The normalized spacial score (nSPS) is 14.4. The fourth-order valence-corrected chi connectivity index (χ4v) is 12.8. The molecule has 0 aromatic carbocycles. The highest BCUT2D eigenvalue weighted by Crippen LogP contribution is 2.45. The highest BCUT2D eigenvalue weighted by molar-refractivity contribution is 7.47. The molecular formula is C74H144O17P2. The lowest BCUT2D eigenvalue weighted by Crippen LogP contribution is -2.30. The Morgan fingerprint density at radius 1 is 0.312 bits per heavy atom. The number of hydrogen-bond acceptors (Lipinski definition) is 15. The van der Waals surface area contributed by atoms with Crippen molar-refractivity contribution in [2.45, 2.75) is 394 Å². The molecule has 0 saturated carbocycles. The number of ether oxygens (including phenoxy) is 4. The van der Waals surface area contributed by atoms with Gasteiger partial charge in [0.2, 0.25) is 0 Å². The number of carbonyl (C=O) groups is 4. The molecule has 3 N–H and O–H groups in total. The van der Waals surface area contributed by atoms with E-state index in [0.717, 1.165) is 114 Å². The van der Waals surface area contributed by atoms with Crippen LogP contribution >= 0.6 is 15.6 Å². The molecule has 0 spiro atoms. The van der Waals surface area contributed by atoms with Crippen molar-refractivity contribution < 1.29 is 80.2 Å². The van der Waals surface area contributed by atoms with E-state index < -0.39 is 97.5 Å². The van der Waals surface area contributed by atoms with E-state index >= 15 is 0 Å². The Morgan fingerprint density at radius 2 is 0.548 bits per heavy atom. The molecule has 17 nitrogen and oxygen atoms in total. The molecule has 0 radical (unpaired) electrons. The first-order valence-corrected chi connectivity index (χ1v) is 41.4. The van der Waals surface area contributed by atoms with Crippen molar-refractivity contribution in [1.82, 2.24) is 0 Å². The second-order valence-corrected chi connectivity index (χ2v) is 30.8. The Labute approximate surface area is 568 Å². The average Bonchev–Trinajstić information content (AvgIpc) is 2.70. The number of aliphatic hydroxyl groups is 1. The van der Waals surface area contributed by atoms with Crippen LogP contribution in [0.1, 0.15) is 376 Å². The summed E-state index contributed by atoms with van der Waals surface area (Å²) in [5, 5.41) is 10.6. The molecule has 0 fully saturated rings. The fourth-order valence-electron chi connectivity index (χ4n) is 11.2. The van der Waals surface area contributed by atoms with Gasteiger partial charge in [-0.3, -0.25) is 37.3 Å². The van der Waals surface area contributed by atoms with Gasteiger partial charge in [-0.05, 0) is 43.4 Å². The maximum absolute atomic E-state index is 13.1. The molecule has 3 unspecified atom stereocenters. The van der Waals surface area contributed by atoms with Gasteiger partial charge in [-0.2, -0.15) is 0 Å². The van der Waals surface area contributed by atoms with Crippen LogP contribution in [0.15, 0.2) is 0 Å². The number of esters is 4. The lowest BCUT2D eigenvalue weighted by atomic mass is 10.00. The summed E-state index contributed by atoms with van der Waals surface area (Å²) < 4.78 is 68.4. The first-order chi connectivity index (χ1) is 44.8. The van der Waals surface area contributed by atoms with Crippen LogP contribution in [0, 0.1) is 17.8 Å². The number of aliphatic hydroxyl groups excluding tert-OH is 1. The third-order valence-electron chi connectivity index (χ3n) is 17.5. The first-order valence-electron chi connectivity index (χ1n) is 38.4. The maximum atomic E-state index is 13.1. The van der Waals surface area contributed by atoms with E-state index in [-0.39, 0.29) is 25.7 Å². The Bertz CT molecular complexity index is 1820. The Morgan fingerprint density at radius 3 is 0.817 bits per heavy atom. The molecule has 0 saturated heterocycles. The van der Waals surface area contributed by atoms with Crippen LogP contribution in [0.4, 0.5) is 0 Å². The topological polar surface area (TPSA) is 237 Å². The largest absolute Gasteiger partial charge is 0.472 e. The summed E-state index contributed by atoms with van der Waals surface area (Å²) in [6.45, 7) is 11.8. The summed E-state index contributed by atoms with van der Waals surface area (Å²) in [6, 6.07) is 0. The molecule has 0 aliphatic carbocycles. The lowest BCUT2D eigenvalue weighted by Gasteiger charge is -2.21. The zero-order valence-corrected chi connectivity index (χ0v) is 62.5. The molecular weight excluding hydrogens is 1220 g/mol. The molecule has 6 atom stereocenters. The molecule has 93 heavy (non-hydrogen) atoms. The van der Waals surface area contributed by atoms with E-state index in [1.165, 1.54) is 180 Å². The van der Waals surface area contributed by atoms with Crippen LogP contribution in [-0.2, 0) is 65.4 Å². The van der Waals surface area contributed by atoms with Gasteiger partial charge in [0.05, 0.1) is 26.4 Å². The number of carbonyl (C=O) groups excluding carboxylic acids is 4. The minimum Gasteiger partial charge on any atom is -0.462 e. The summed E-state index contributed by atoms with van der Waals surface area (Å²) in [4.78, 5) is 72.7. The SMILES string of the molecule is CCCCCCCCCCCCCCCCCCCCC(=O)O[C@H](COC(=O)CCCCCCCCCCCCCC(C)C)COP(=O)(O)OC[C@@H](O)COP(=O)(O)OC[C@@H](COC(=O)CCCCCCCCC(C)CC)OC(=O)CCCCCCCCCCC(C)C. The zero-order valence-electron chi connectivity index (χ0n) is 60.7. The highest BCUT2D eigenvalue weighted by atomic mass is 31.2. The van der Waals surface area contributed by atoms with Crippen LogP contribution < -0.4 is 0 Å². The molecule has 552 valence electrons. The van der Waals surface area contributed by atoms with Crippen molar-refractivity contribution in [3.8, 4) is 0 Å². The molecule has 0 aromatic heterocycles. The fraction of sp³-hybridized carbons (Fsp3) is 0.946. The van der Waals surface area contributed by atoms with Crippen molar-refractivity contribution in [2.24, 2.45) is 17.8 Å². The summed E-state index contributed by atoms with van der Waals surface area (Å²) in [6.07, 6.45) is 50.1. The van der Waals surface area contributed by atoms with E-state index in [2.05, 4.69) is 48.5 Å². The Balaban J connectivity index is 5.24. The highest BCUT2D eigenvalue weighted by Gasteiger charge is 2.30. The Kier molecular flexibility index (Phi) is 63.4. The van der Waals surface area contributed by atoms with Crippen LogP contribution in [-0.4, -0.2) is 96.7 Å². The molecule has 0 amide bonds. The smallest absolute Gasteiger partial charge is 0.462 e. The third kappa shape index (κ3) is 67.0. The van der Waals surface area contributed by atoms with E-state index in [1.807, 2.05) is 0 Å². The summed E-state index contributed by atoms with van der Waals surface area (Å²) >= 11 is 0. The minimum absolute atomic E-state index is 0.103. The quantitative estimate of drug-likeness (QED) is 0.0222. The van der Waals surface area contributed by atoms with E-state index in [9.17, 15) is 43.2 Å². The monoisotopic (exact) mass is 1370 g/mol. The van der Waals surface area contributed by atoms with Gasteiger partial charge < -0.3 is 33.8 Å². The van der Waals surface area contributed by atoms with Crippen molar-refractivity contribution in [1.29, 1.82) is 0 Å². The van der Waals surface area contributed by atoms with Gasteiger partial charge >= 0.3 is 39.5 Å².